The number of rotatable bonds is 1. The Morgan fingerprint density at radius 2 is 2.22 bits per heavy atom. The van der Waals surface area contributed by atoms with Gasteiger partial charge in [0, 0.05) is 6.42 Å². The molecule has 2 aliphatic carbocycles. The molecule has 0 aromatic heterocycles. The molecule has 1 aliphatic heterocycles. The van der Waals surface area contributed by atoms with Crippen LogP contribution in [0.15, 0.2) is 53.6 Å². The maximum absolute atomic E-state index is 12.5. The van der Waals surface area contributed by atoms with Crippen molar-refractivity contribution >= 4 is 23.3 Å². The van der Waals surface area contributed by atoms with Crippen molar-refractivity contribution in [2.45, 2.75) is 18.4 Å². The molecule has 4 rings (SSSR count). The van der Waals surface area contributed by atoms with Gasteiger partial charge in [-0.15, -0.1) is 0 Å². The predicted octanol–water partition coefficient (Wildman–Crippen LogP) is 3.70. The van der Waals surface area contributed by atoms with E-state index in [4.69, 9.17) is 16.9 Å². The smallest absolute Gasteiger partial charge is 0.322 e. The number of nitrogens with one attached hydrogen (secondary N) is 1. The fraction of sp³-hybridized carbons (Fsp3) is 0.222. The Bertz CT molecular complexity index is 846. The van der Waals surface area contributed by atoms with E-state index in [9.17, 15) is 4.79 Å². The van der Waals surface area contributed by atoms with Gasteiger partial charge in [0.05, 0.1) is 34.4 Å². The monoisotopic (exact) mass is 323 g/mol. The molecule has 0 bridgehead atoms. The number of allylic oxidation sites excluding steroid dienone is 4. The van der Waals surface area contributed by atoms with Crippen LogP contribution in [0.1, 0.15) is 18.4 Å². The van der Waals surface area contributed by atoms with E-state index in [1.54, 1.807) is 23.1 Å². The van der Waals surface area contributed by atoms with E-state index in [0.29, 0.717) is 22.8 Å². The van der Waals surface area contributed by atoms with Gasteiger partial charge < -0.3 is 5.32 Å². The Hall–Kier alpha value is -2.51. The molecular formula is C18H14ClN3O. The number of halogens is 1. The number of nitrogens with zero attached hydrogens (tertiary/aromatic N) is 2. The number of urea groups is 1. The van der Waals surface area contributed by atoms with Gasteiger partial charge in [0.2, 0.25) is 0 Å². The van der Waals surface area contributed by atoms with Crippen LogP contribution < -0.4 is 10.2 Å². The van der Waals surface area contributed by atoms with Crippen molar-refractivity contribution in [1.29, 1.82) is 5.26 Å². The lowest BCUT2D eigenvalue weighted by molar-refractivity contribution is 0.249. The van der Waals surface area contributed by atoms with Gasteiger partial charge in [-0.2, -0.15) is 5.26 Å². The Morgan fingerprint density at radius 1 is 1.35 bits per heavy atom. The summed E-state index contributed by atoms with van der Waals surface area (Å²) >= 11 is 6.26. The molecule has 1 spiro atoms. The predicted molar refractivity (Wildman–Crippen MR) is 89.3 cm³/mol. The third-order valence-electron chi connectivity index (χ3n) is 4.55. The summed E-state index contributed by atoms with van der Waals surface area (Å²) in [5.41, 5.74) is 3.35. The van der Waals surface area contributed by atoms with Gasteiger partial charge in [0.15, 0.2) is 0 Å². The van der Waals surface area contributed by atoms with Crippen LogP contribution in [0.5, 0.6) is 0 Å². The summed E-state index contributed by atoms with van der Waals surface area (Å²) in [7, 11) is 0. The molecule has 1 N–H and O–H groups in total. The van der Waals surface area contributed by atoms with E-state index in [0.717, 1.165) is 12.8 Å². The van der Waals surface area contributed by atoms with Gasteiger partial charge in [-0.1, -0.05) is 35.9 Å². The normalized spacial score (nSPS) is 25.0. The van der Waals surface area contributed by atoms with Crippen molar-refractivity contribution in [3.63, 3.8) is 0 Å². The van der Waals surface area contributed by atoms with Crippen LogP contribution in [0.4, 0.5) is 10.5 Å². The van der Waals surface area contributed by atoms with Crippen LogP contribution in [-0.2, 0) is 0 Å². The lowest BCUT2D eigenvalue weighted by Crippen LogP contribution is -2.39. The van der Waals surface area contributed by atoms with Crippen molar-refractivity contribution < 1.29 is 4.79 Å². The van der Waals surface area contributed by atoms with Crippen LogP contribution in [-0.4, -0.2) is 18.1 Å². The zero-order chi connectivity index (χ0) is 16.0. The Kier molecular flexibility index (Phi) is 3.07. The fourth-order valence-corrected chi connectivity index (χ4v) is 3.79. The van der Waals surface area contributed by atoms with Gasteiger partial charge in [-0.25, -0.2) is 4.79 Å². The minimum Gasteiger partial charge on any atom is -0.327 e. The van der Waals surface area contributed by atoms with Gasteiger partial charge in [-0.05, 0) is 35.8 Å². The van der Waals surface area contributed by atoms with E-state index < -0.39 is 0 Å². The number of benzene rings is 1. The summed E-state index contributed by atoms with van der Waals surface area (Å²) in [4.78, 5) is 14.1. The fourth-order valence-electron chi connectivity index (χ4n) is 3.51. The number of hydrogen-bond donors (Lipinski definition) is 1. The second-order valence-corrected chi connectivity index (χ2v) is 6.53. The maximum Gasteiger partial charge on any atom is 0.322 e. The van der Waals surface area contributed by atoms with Crippen molar-refractivity contribution in [2.24, 2.45) is 0 Å². The molecule has 1 heterocycles. The largest absolute Gasteiger partial charge is 0.327 e. The molecule has 1 saturated heterocycles. The number of carbonyl (C=O) groups is 1. The first-order chi connectivity index (χ1) is 11.1. The van der Waals surface area contributed by atoms with Gasteiger partial charge in [-0.3, -0.25) is 4.90 Å². The molecule has 1 atom stereocenters. The molecule has 3 aliphatic rings. The molecule has 2 amide bonds. The average Bonchev–Trinajstić information content (AvgIpc) is 3.05. The first kappa shape index (κ1) is 14.1. The molecule has 1 unspecified atom stereocenters. The molecule has 114 valence electrons. The molecule has 4 nitrogen and oxygen atoms in total. The maximum atomic E-state index is 12.5. The minimum absolute atomic E-state index is 0.152. The van der Waals surface area contributed by atoms with E-state index >= 15 is 0 Å². The number of anilines is 1. The van der Waals surface area contributed by atoms with E-state index in [-0.39, 0.29) is 11.6 Å². The van der Waals surface area contributed by atoms with Crippen molar-refractivity contribution in [1.82, 2.24) is 5.32 Å². The van der Waals surface area contributed by atoms with Crippen LogP contribution in [0.25, 0.3) is 0 Å². The summed E-state index contributed by atoms with van der Waals surface area (Å²) in [6.45, 7) is 0.540. The summed E-state index contributed by atoms with van der Waals surface area (Å²) in [5, 5.41) is 12.5. The first-order valence-electron chi connectivity index (χ1n) is 7.47. The molecule has 0 radical (unpaired) electrons. The minimum atomic E-state index is -0.360. The third kappa shape index (κ3) is 2.25. The summed E-state index contributed by atoms with van der Waals surface area (Å²) < 4.78 is 0. The number of hydrogen-bond acceptors (Lipinski definition) is 2. The summed E-state index contributed by atoms with van der Waals surface area (Å²) in [6, 6.07) is 6.90. The molecular weight excluding hydrogens is 310 g/mol. The van der Waals surface area contributed by atoms with Gasteiger partial charge in [0.25, 0.3) is 0 Å². The summed E-state index contributed by atoms with van der Waals surface area (Å²) in [6.07, 6.45) is 10.2. The van der Waals surface area contributed by atoms with E-state index in [2.05, 4.69) is 35.7 Å². The number of nitriles is 1. The van der Waals surface area contributed by atoms with Crippen LogP contribution in [0, 0.1) is 11.3 Å². The molecule has 1 aromatic rings. The zero-order valence-corrected chi connectivity index (χ0v) is 13.1. The quantitative estimate of drug-likeness (QED) is 0.856. The van der Waals surface area contributed by atoms with Gasteiger partial charge in [0.1, 0.15) is 0 Å². The van der Waals surface area contributed by atoms with Crippen molar-refractivity contribution in [3.8, 4) is 6.07 Å². The molecule has 23 heavy (non-hydrogen) atoms. The highest BCUT2D eigenvalue weighted by Gasteiger charge is 2.46. The van der Waals surface area contributed by atoms with Gasteiger partial charge >= 0.3 is 6.03 Å². The van der Waals surface area contributed by atoms with Crippen molar-refractivity contribution in [2.75, 3.05) is 11.4 Å². The summed E-state index contributed by atoms with van der Waals surface area (Å²) in [5.74, 6) is 0. The zero-order valence-electron chi connectivity index (χ0n) is 12.3. The molecule has 0 saturated carbocycles. The topological polar surface area (TPSA) is 56.1 Å². The Balaban J connectivity index is 1.66. The third-order valence-corrected chi connectivity index (χ3v) is 4.85. The second kappa shape index (κ2) is 5.00. The van der Waals surface area contributed by atoms with Crippen LogP contribution >= 0.6 is 11.6 Å². The lowest BCUT2D eigenvalue weighted by atomic mass is 9.97. The van der Waals surface area contributed by atoms with E-state index in [1.807, 2.05) is 0 Å². The van der Waals surface area contributed by atoms with Crippen molar-refractivity contribution in [3.05, 3.63) is 64.2 Å². The number of fused-ring (bicyclic) bond motifs is 1. The van der Waals surface area contributed by atoms with E-state index in [1.165, 1.54) is 11.1 Å². The Morgan fingerprint density at radius 3 is 2.96 bits per heavy atom. The molecule has 1 aromatic carbocycles. The number of carbonyl (C=O) groups excluding carboxylic acids is 1. The number of amides is 2. The highest BCUT2D eigenvalue weighted by Crippen LogP contribution is 2.41. The van der Waals surface area contributed by atoms with Crippen LogP contribution in [0.2, 0.25) is 5.02 Å². The first-order valence-corrected chi connectivity index (χ1v) is 7.85. The Labute approximate surface area is 139 Å². The highest BCUT2D eigenvalue weighted by molar-refractivity contribution is 6.34. The second-order valence-electron chi connectivity index (χ2n) is 6.12. The average molecular weight is 324 g/mol. The lowest BCUT2D eigenvalue weighted by Gasteiger charge is -2.21. The SMILES string of the molecule is N#Cc1ccc(N2CC3(C=C4CC=CC=C4C3)NC2=O)c(Cl)c1. The standard InChI is InChI=1S/C18H14ClN3O/c19-15-7-12(10-20)5-6-16(15)22-11-18(21-17(22)23)8-13-3-1-2-4-14(13)9-18/h1-3,5-7,9H,4,8,11H2,(H,21,23). The molecule has 1 fully saturated rings. The van der Waals surface area contributed by atoms with Crippen LogP contribution in [0.3, 0.4) is 0 Å². The molecule has 5 heteroatoms. The highest BCUT2D eigenvalue weighted by atomic mass is 35.5.